The van der Waals surface area contributed by atoms with Crippen LogP contribution in [-0.2, 0) is 34.3 Å². The minimum atomic E-state index is -4.46. The van der Waals surface area contributed by atoms with Gasteiger partial charge in [0.2, 0.25) is 5.91 Å². The minimum absolute atomic E-state index is 0.0912. The Labute approximate surface area is 244 Å². The molecular weight excluding hydrogens is 570 g/mol. The molecule has 0 atom stereocenters. The highest BCUT2D eigenvalue weighted by molar-refractivity contribution is 5.91. The highest BCUT2D eigenvalue weighted by Crippen LogP contribution is 2.59. The van der Waals surface area contributed by atoms with Crippen LogP contribution in [0.5, 0.6) is 0 Å². The van der Waals surface area contributed by atoms with E-state index in [-0.39, 0.29) is 36.4 Å². The van der Waals surface area contributed by atoms with E-state index in [4.69, 9.17) is 9.26 Å². The van der Waals surface area contributed by atoms with E-state index >= 15 is 0 Å². The molecule has 6 rings (SSSR count). The van der Waals surface area contributed by atoms with Gasteiger partial charge >= 0.3 is 6.18 Å². The van der Waals surface area contributed by atoms with Crippen molar-refractivity contribution in [3.8, 4) is 11.1 Å². The number of carbonyl (C=O) groups excluding carboxylic acids is 1. The lowest BCUT2D eigenvalue weighted by atomic mass is 10.0. The number of ether oxygens (including phenoxy) is 1. The molecule has 43 heavy (non-hydrogen) atoms. The quantitative estimate of drug-likeness (QED) is 0.271. The van der Waals surface area contributed by atoms with E-state index in [1.54, 1.807) is 24.7 Å². The number of hydrogen-bond donors (Lipinski definition) is 1. The first-order chi connectivity index (χ1) is 20.7. The number of aromatic nitrogens is 5. The standard InChI is InChI=1S/C29H29F4N7O3/c30-23-12-20(1-2-21(23)13-27(41)37-26-14-24(43-38-26)28(3-4-28)29(31,32)33)22-16-34-25(35-17-22)11-19-15-36-40(18-19)6-5-39-7-9-42-10-8-39/h1-2,12,14-18H,3-11,13H2,(H,37,38,41). The number of amides is 1. The third kappa shape index (κ3) is 6.59. The third-order valence-electron chi connectivity index (χ3n) is 7.78. The van der Waals surface area contributed by atoms with Crippen molar-refractivity contribution in [1.29, 1.82) is 0 Å². The molecular formula is C29H29F4N7O3. The average molecular weight is 600 g/mol. The van der Waals surface area contributed by atoms with Gasteiger partial charge in [-0.2, -0.15) is 18.3 Å². The van der Waals surface area contributed by atoms with Crippen molar-refractivity contribution in [1.82, 2.24) is 29.8 Å². The number of nitrogens with one attached hydrogen (secondary N) is 1. The number of morpholine rings is 1. The van der Waals surface area contributed by atoms with E-state index in [0.29, 0.717) is 23.4 Å². The first kappa shape index (κ1) is 28.9. The molecule has 1 amide bonds. The lowest BCUT2D eigenvalue weighted by Crippen LogP contribution is -2.38. The van der Waals surface area contributed by atoms with Crippen molar-refractivity contribution >= 4 is 11.7 Å². The van der Waals surface area contributed by atoms with Crippen molar-refractivity contribution in [3.05, 3.63) is 77.6 Å². The number of anilines is 1. The molecule has 10 nitrogen and oxygen atoms in total. The monoisotopic (exact) mass is 599 g/mol. The Morgan fingerprint density at radius 2 is 1.79 bits per heavy atom. The van der Waals surface area contributed by atoms with Crippen LogP contribution in [0.25, 0.3) is 11.1 Å². The topological polar surface area (TPSA) is 111 Å². The van der Waals surface area contributed by atoms with Gasteiger partial charge in [-0.15, -0.1) is 0 Å². The van der Waals surface area contributed by atoms with Crippen LogP contribution in [0.4, 0.5) is 23.4 Å². The van der Waals surface area contributed by atoms with Crippen molar-refractivity contribution in [2.45, 2.75) is 43.8 Å². The second-order valence-electron chi connectivity index (χ2n) is 10.8. The van der Waals surface area contributed by atoms with Crippen LogP contribution in [0, 0.1) is 5.82 Å². The molecule has 4 aromatic rings. The summed E-state index contributed by atoms with van der Waals surface area (Å²) in [5.41, 5.74) is 0.194. The number of hydrogen-bond acceptors (Lipinski definition) is 8. The Morgan fingerprint density at radius 3 is 2.49 bits per heavy atom. The third-order valence-corrected chi connectivity index (χ3v) is 7.78. The number of rotatable bonds is 10. The molecule has 1 N–H and O–H groups in total. The van der Waals surface area contributed by atoms with Crippen LogP contribution >= 0.6 is 0 Å². The Hall–Kier alpha value is -4.17. The number of carbonyl (C=O) groups is 1. The van der Waals surface area contributed by atoms with Crippen LogP contribution < -0.4 is 5.32 Å². The number of halogens is 4. The van der Waals surface area contributed by atoms with E-state index in [0.717, 1.165) is 51.0 Å². The van der Waals surface area contributed by atoms with E-state index in [1.807, 2.05) is 10.9 Å². The van der Waals surface area contributed by atoms with Gasteiger partial charge in [-0.1, -0.05) is 17.3 Å². The zero-order chi connectivity index (χ0) is 30.0. The summed E-state index contributed by atoms with van der Waals surface area (Å²) < 4.78 is 66.9. The summed E-state index contributed by atoms with van der Waals surface area (Å²) in [6.45, 7) is 5.07. The molecule has 14 heteroatoms. The summed E-state index contributed by atoms with van der Waals surface area (Å²) in [7, 11) is 0. The van der Waals surface area contributed by atoms with Gasteiger partial charge in [0.1, 0.15) is 17.1 Å². The molecule has 226 valence electrons. The normalized spacial score (nSPS) is 16.7. The lowest BCUT2D eigenvalue weighted by Gasteiger charge is -2.26. The average Bonchev–Trinajstić information content (AvgIpc) is 3.50. The van der Waals surface area contributed by atoms with Crippen molar-refractivity contribution in [3.63, 3.8) is 0 Å². The molecule has 1 aliphatic carbocycles. The summed E-state index contributed by atoms with van der Waals surface area (Å²) in [5, 5.41) is 10.3. The summed E-state index contributed by atoms with van der Waals surface area (Å²) in [4.78, 5) is 23.6. The summed E-state index contributed by atoms with van der Waals surface area (Å²) >= 11 is 0. The predicted octanol–water partition coefficient (Wildman–Crippen LogP) is 4.17. The second kappa shape index (κ2) is 11.8. The molecule has 0 spiro atoms. The number of nitrogens with zero attached hydrogens (tertiary/aromatic N) is 6. The van der Waals surface area contributed by atoms with Crippen molar-refractivity contribution in [2.75, 3.05) is 38.2 Å². The summed E-state index contributed by atoms with van der Waals surface area (Å²) in [6.07, 6.45) is 2.53. The molecule has 1 saturated carbocycles. The molecule has 1 aromatic carbocycles. The molecule has 2 aliphatic rings. The van der Waals surface area contributed by atoms with Crippen molar-refractivity contribution < 1.29 is 31.6 Å². The van der Waals surface area contributed by atoms with Crippen LogP contribution in [0.2, 0.25) is 0 Å². The molecule has 1 saturated heterocycles. The van der Waals surface area contributed by atoms with E-state index in [9.17, 15) is 22.4 Å². The highest BCUT2D eigenvalue weighted by atomic mass is 19.4. The van der Waals surface area contributed by atoms with Gasteiger partial charge in [-0.25, -0.2) is 14.4 Å². The maximum absolute atomic E-state index is 14.9. The zero-order valence-corrected chi connectivity index (χ0v) is 23.1. The molecule has 0 bridgehead atoms. The first-order valence-corrected chi connectivity index (χ1v) is 13.9. The maximum Gasteiger partial charge on any atom is 0.401 e. The van der Waals surface area contributed by atoms with Gasteiger partial charge in [-0.05, 0) is 35.6 Å². The Bertz CT molecular complexity index is 1580. The molecule has 1 aliphatic heterocycles. The molecule has 0 unspecified atom stereocenters. The fourth-order valence-corrected chi connectivity index (χ4v) is 5.05. The molecule has 2 fully saturated rings. The minimum Gasteiger partial charge on any atom is -0.379 e. The van der Waals surface area contributed by atoms with Gasteiger partial charge in [0.25, 0.3) is 0 Å². The van der Waals surface area contributed by atoms with Gasteiger partial charge in [0.15, 0.2) is 11.6 Å². The largest absolute Gasteiger partial charge is 0.401 e. The number of alkyl halides is 3. The van der Waals surface area contributed by atoms with E-state index in [2.05, 4.69) is 30.4 Å². The highest BCUT2D eigenvalue weighted by Gasteiger charge is 2.66. The molecule has 3 aromatic heterocycles. The SMILES string of the molecule is O=C(Cc1ccc(-c2cnc(Cc3cnn(CCN4CCOCC4)c3)nc2)cc1F)Nc1cc(C2(C(F)(F)F)CC2)on1. The Morgan fingerprint density at radius 1 is 1.02 bits per heavy atom. The van der Waals surface area contributed by atoms with Gasteiger partial charge < -0.3 is 14.6 Å². The second-order valence-corrected chi connectivity index (χ2v) is 10.8. The first-order valence-electron chi connectivity index (χ1n) is 13.9. The predicted molar refractivity (Wildman–Crippen MR) is 146 cm³/mol. The van der Waals surface area contributed by atoms with Crippen LogP contribution in [0.1, 0.15) is 35.6 Å². The molecule has 4 heterocycles. The Balaban J connectivity index is 1.02. The number of benzene rings is 1. The van der Waals surface area contributed by atoms with Gasteiger partial charge in [0.05, 0.1) is 32.4 Å². The Kier molecular flexibility index (Phi) is 7.97. The van der Waals surface area contributed by atoms with Gasteiger partial charge in [-0.3, -0.25) is 14.4 Å². The fraction of sp³-hybridized carbons (Fsp3) is 0.414. The van der Waals surface area contributed by atoms with Crippen LogP contribution in [-0.4, -0.2) is 74.7 Å². The van der Waals surface area contributed by atoms with E-state index < -0.39 is 23.3 Å². The molecule has 0 radical (unpaired) electrons. The van der Waals surface area contributed by atoms with Gasteiger partial charge in [0, 0.05) is 56.3 Å². The van der Waals surface area contributed by atoms with Crippen molar-refractivity contribution in [2.24, 2.45) is 0 Å². The fourth-order valence-electron chi connectivity index (χ4n) is 5.05. The lowest BCUT2D eigenvalue weighted by molar-refractivity contribution is -0.165. The summed E-state index contributed by atoms with van der Waals surface area (Å²) in [6, 6.07) is 5.48. The van der Waals surface area contributed by atoms with Crippen LogP contribution in [0.3, 0.4) is 0 Å². The smallest absolute Gasteiger partial charge is 0.379 e. The van der Waals surface area contributed by atoms with E-state index in [1.165, 1.54) is 12.1 Å². The van der Waals surface area contributed by atoms with Crippen LogP contribution in [0.15, 0.2) is 53.6 Å². The zero-order valence-electron chi connectivity index (χ0n) is 23.1. The summed E-state index contributed by atoms with van der Waals surface area (Å²) in [5.74, 6) is -1.14. The maximum atomic E-state index is 14.9.